The van der Waals surface area contributed by atoms with Crippen LogP contribution >= 0.6 is 22.9 Å². The molecule has 79 heavy (non-hydrogen) atoms. The summed E-state index contributed by atoms with van der Waals surface area (Å²) in [6, 6.07) is 15.2. The first kappa shape index (κ1) is 58.8. The predicted molar refractivity (Wildman–Crippen MR) is 299 cm³/mol. The number of carbonyl (C=O) groups excluding carboxylic acids is 4. The van der Waals surface area contributed by atoms with Crippen molar-refractivity contribution in [2.75, 3.05) is 64.7 Å². The highest BCUT2D eigenvalue weighted by atomic mass is 35.5. The van der Waals surface area contributed by atoms with E-state index in [0.717, 1.165) is 51.0 Å². The highest BCUT2D eigenvalue weighted by molar-refractivity contribution is 7.13. The summed E-state index contributed by atoms with van der Waals surface area (Å²) < 4.78 is 58.1. The molecule has 20 heteroatoms. The number of rotatable bonds is 25. The summed E-state index contributed by atoms with van der Waals surface area (Å²) in [4.78, 5) is 65.0. The monoisotopic (exact) mass is 1130 g/mol. The minimum Gasteiger partial charge on any atom is -0.491 e. The molecule has 4 N–H and O–H groups in total. The molecule has 3 heterocycles. The van der Waals surface area contributed by atoms with Gasteiger partial charge in [0.2, 0.25) is 11.8 Å². The number of likely N-dealkylation sites (tertiary alicyclic amines) is 1. The number of hydrogen-bond donors (Lipinski definition) is 4. The van der Waals surface area contributed by atoms with Crippen molar-refractivity contribution < 1.29 is 56.7 Å². The molecule has 3 aromatic carbocycles. The van der Waals surface area contributed by atoms with E-state index >= 15 is 0 Å². The molecule has 0 spiro atoms. The van der Waals surface area contributed by atoms with Crippen molar-refractivity contribution in [3.8, 4) is 21.9 Å². The number of nitrogens with one attached hydrogen (secondary N) is 3. The van der Waals surface area contributed by atoms with E-state index in [-0.39, 0.29) is 76.4 Å². The lowest BCUT2D eigenvalue weighted by Crippen LogP contribution is -2.59. The lowest BCUT2D eigenvalue weighted by Gasteiger charge is -2.35. The van der Waals surface area contributed by atoms with Crippen LogP contribution in [0.1, 0.15) is 83.0 Å². The molecule has 1 saturated heterocycles. The van der Waals surface area contributed by atoms with Gasteiger partial charge < -0.3 is 49.6 Å². The van der Waals surface area contributed by atoms with Crippen LogP contribution in [-0.4, -0.2) is 127 Å². The number of alkyl halides is 1. The number of hydrogen-bond acceptors (Lipinski definition) is 13. The normalized spacial score (nSPS) is 18.4. The first-order valence-corrected chi connectivity index (χ1v) is 28.0. The number of benzene rings is 3. The summed E-state index contributed by atoms with van der Waals surface area (Å²) in [7, 11) is 0. The van der Waals surface area contributed by atoms with Gasteiger partial charge in [-0.1, -0.05) is 56.7 Å². The number of thiazole rings is 1. The topological polar surface area (TPSA) is 200 Å². The van der Waals surface area contributed by atoms with Crippen molar-refractivity contribution in [3.63, 3.8) is 0 Å². The molecule has 0 unspecified atom stereocenters. The zero-order chi connectivity index (χ0) is 56.3. The number of pyridine rings is 1. The Kier molecular flexibility index (Phi) is 19.9. The second-order valence-corrected chi connectivity index (χ2v) is 22.3. The van der Waals surface area contributed by atoms with Crippen molar-refractivity contribution in [1.82, 2.24) is 25.5 Å². The Bertz CT molecular complexity index is 3050. The van der Waals surface area contributed by atoms with Crippen molar-refractivity contribution in [2.45, 2.75) is 104 Å². The van der Waals surface area contributed by atoms with Crippen molar-refractivity contribution >= 4 is 68.7 Å². The van der Waals surface area contributed by atoms with Gasteiger partial charge >= 0.3 is 0 Å². The smallest absolute Gasteiger partial charge is 0.258 e. The molecule has 4 atom stereocenters. The number of β-amino-alcohol motifs (C(OH)–C–C–N with tert-alkyl or cyclic N) is 1. The summed E-state index contributed by atoms with van der Waals surface area (Å²) in [6.45, 7) is 11.2. The molecule has 1 saturated carbocycles. The number of fused-ring (bicyclic) bond motifs is 1. The van der Waals surface area contributed by atoms with E-state index in [2.05, 4.69) is 32.0 Å². The third-order valence-electron chi connectivity index (χ3n) is 14.3. The number of aliphatic hydroxyl groups is 1. The molecule has 8 rings (SSSR count). The van der Waals surface area contributed by atoms with Crippen LogP contribution in [0, 0.1) is 24.1 Å². The van der Waals surface area contributed by atoms with Gasteiger partial charge in [-0.3, -0.25) is 24.2 Å². The molecular weight excluding hydrogens is 1060 g/mol. The molecular formula is C59H69ClF2N6O10S. The first-order valence-electron chi connectivity index (χ1n) is 26.7. The maximum Gasteiger partial charge on any atom is 0.258 e. The highest BCUT2D eigenvalue weighted by Gasteiger charge is 2.53. The van der Waals surface area contributed by atoms with Crippen LogP contribution in [0.3, 0.4) is 0 Å². The number of anilines is 1. The van der Waals surface area contributed by atoms with Crippen LogP contribution in [0.5, 0.6) is 11.5 Å². The average molecular weight is 1130 g/mol. The number of aliphatic hydroxyl groups excluding tert-OH is 1. The maximum atomic E-state index is 14.7. The van der Waals surface area contributed by atoms with Gasteiger partial charge in [-0.2, -0.15) is 0 Å². The van der Waals surface area contributed by atoms with Crippen molar-refractivity contribution in [1.29, 1.82) is 0 Å². The van der Waals surface area contributed by atoms with Crippen molar-refractivity contribution in [2.24, 2.45) is 11.3 Å². The minimum absolute atomic E-state index is 0.00259. The molecule has 422 valence electrons. The van der Waals surface area contributed by atoms with Gasteiger partial charge in [-0.05, 0) is 116 Å². The number of nitrogens with zero attached hydrogens (tertiary/aromatic N) is 3. The summed E-state index contributed by atoms with van der Waals surface area (Å²) in [5.41, 5.74) is 5.45. The minimum atomic E-state index is -1.99. The Morgan fingerprint density at radius 2 is 1.63 bits per heavy atom. The molecule has 3 aliphatic rings. The van der Waals surface area contributed by atoms with E-state index in [4.69, 9.17) is 35.3 Å². The molecule has 4 amide bonds. The number of halogens is 3. The fraction of sp³-hybridized carbons (Fsp3) is 0.458. The number of aryl methyl sites for hydroxylation is 1. The molecule has 2 aliphatic carbocycles. The highest BCUT2D eigenvalue weighted by Crippen LogP contribution is 2.41. The van der Waals surface area contributed by atoms with E-state index in [9.17, 15) is 33.1 Å². The fourth-order valence-corrected chi connectivity index (χ4v) is 10.7. The van der Waals surface area contributed by atoms with Gasteiger partial charge in [0.05, 0.1) is 72.4 Å². The number of amides is 4. The van der Waals surface area contributed by atoms with E-state index in [1.807, 2.05) is 44.2 Å². The van der Waals surface area contributed by atoms with E-state index < -0.39 is 47.0 Å². The van der Waals surface area contributed by atoms with E-state index in [0.29, 0.717) is 66.2 Å². The summed E-state index contributed by atoms with van der Waals surface area (Å²) in [5, 5.41) is 20.3. The van der Waals surface area contributed by atoms with Gasteiger partial charge in [0.25, 0.3) is 11.8 Å². The Labute approximate surface area is 468 Å². The van der Waals surface area contributed by atoms with Gasteiger partial charge in [0.1, 0.15) is 42.6 Å². The Morgan fingerprint density at radius 3 is 2.28 bits per heavy atom. The fourth-order valence-electron chi connectivity index (χ4n) is 9.74. The van der Waals surface area contributed by atoms with Gasteiger partial charge in [-0.25, -0.2) is 13.8 Å². The SMILES string of the molecule is C/C=C(\C(=O)Nc1ccc(Cl)c(OCCOCCOCCOCCOc2cc(-c3scnc3C)ccc2CNC(=O)[C@@H]2C[C@@H](O)CN2C(=O)[C@@H](NC(=O)C2(F)CC2)C(C)(C)C)c1)[C@@H]1CC=C(c2ccnc3ccc(F)cc23)CC1. The van der Waals surface area contributed by atoms with Crippen LogP contribution in [-0.2, 0) is 39.9 Å². The lowest BCUT2D eigenvalue weighted by atomic mass is 9.81. The van der Waals surface area contributed by atoms with Crippen molar-refractivity contribution in [3.05, 3.63) is 118 Å². The number of allylic oxidation sites excluding steroid dienone is 3. The second-order valence-electron chi connectivity index (χ2n) is 21.0. The number of carbonyl (C=O) groups is 4. The van der Waals surface area contributed by atoms with Gasteiger partial charge in [0, 0.05) is 54.0 Å². The largest absolute Gasteiger partial charge is 0.491 e. The Morgan fingerprint density at radius 1 is 0.924 bits per heavy atom. The quantitative estimate of drug-likeness (QED) is 0.0319. The van der Waals surface area contributed by atoms with Crippen LogP contribution in [0.4, 0.5) is 14.5 Å². The molecule has 16 nitrogen and oxygen atoms in total. The first-order chi connectivity index (χ1) is 37.9. The molecule has 1 aliphatic heterocycles. The standard InChI is InChI=1S/C59H69ClF2N6O10S/c1-6-44(37-7-9-38(10-8-37)45-17-20-63-48-16-13-41(61)30-46(45)48)54(70)66-42-14-15-47(60)51(31-42)78-28-26-76-24-22-74-21-23-75-25-27-77-50-29-39(52-36(2)65-35-79-52)11-12-40(50)33-64-55(71)49-32-43(69)34-68(49)56(72)53(58(3,4)5)67-57(73)59(62)18-19-59/h6,9,11-17,20,29-31,35,37,43,49,53,69H,7-8,10,18-19,21-28,32-34H2,1-5H3,(H,64,71)(H,66,70)(H,67,73)/b44-6-/t37-,43-,49+,53-/m1/s1. The van der Waals surface area contributed by atoms with E-state index in [1.54, 1.807) is 56.7 Å². The summed E-state index contributed by atoms with van der Waals surface area (Å²) >= 11 is 7.95. The zero-order valence-electron chi connectivity index (χ0n) is 45.2. The van der Waals surface area contributed by atoms with Crippen LogP contribution in [0.25, 0.3) is 26.9 Å². The third-order valence-corrected chi connectivity index (χ3v) is 15.5. The maximum absolute atomic E-state index is 14.7. The Balaban J connectivity index is 0.730. The van der Waals surface area contributed by atoms with E-state index in [1.165, 1.54) is 28.4 Å². The summed E-state index contributed by atoms with van der Waals surface area (Å²) in [5.74, 6) is -1.46. The molecule has 0 radical (unpaired) electrons. The van der Waals surface area contributed by atoms with Gasteiger partial charge in [-0.15, -0.1) is 11.3 Å². The van der Waals surface area contributed by atoms with Crippen LogP contribution in [0.2, 0.25) is 5.02 Å². The predicted octanol–water partition coefficient (Wildman–Crippen LogP) is 9.35. The second kappa shape index (κ2) is 26.7. The molecule has 2 fully saturated rings. The Hall–Kier alpha value is -6.35. The zero-order valence-corrected chi connectivity index (χ0v) is 46.8. The molecule has 2 aromatic heterocycles. The lowest BCUT2D eigenvalue weighted by molar-refractivity contribution is -0.145. The number of ether oxygens (including phenoxy) is 5. The summed E-state index contributed by atoms with van der Waals surface area (Å²) in [6.07, 6.45) is 7.14. The van der Waals surface area contributed by atoms with Crippen LogP contribution < -0.4 is 25.4 Å². The molecule has 0 bridgehead atoms. The van der Waals surface area contributed by atoms with Gasteiger partial charge in [0.15, 0.2) is 5.67 Å². The van der Waals surface area contributed by atoms with Crippen LogP contribution in [0.15, 0.2) is 90.1 Å². The number of aromatic nitrogens is 2. The molecule has 5 aromatic rings. The third kappa shape index (κ3) is 15.3. The average Bonchev–Trinajstić information content (AvgIpc) is 4.06.